The minimum atomic E-state index is -2.96. The highest BCUT2D eigenvalue weighted by atomic mass is 19.3. The molecule has 0 fully saturated rings. The molecule has 0 radical (unpaired) electrons. The number of esters is 1. The average Bonchev–Trinajstić information content (AvgIpc) is 2.65. The van der Waals surface area contributed by atoms with Gasteiger partial charge in [-0.25, -0.2) is 4.79 Å². The van der Waals surface area contributed by atoms with Gasteiger partial charge in [0.15, 0.2) is 6.61 Å². The molecule has 0 unspecified atom stereocenters. The van der Waals surface area contributed by atoms with E-state index in [-0.39, 0.29) is 16.9 Å². The Morgan fingerprint density at radius 1 is 0.962 bits per heavy atom. The summed E-state index contributed by atoms with van der Waals surface area (Å²) in [5, 5.41) is 0. The van der Waals surface area contributed by atoms with Crippen molar-refractivity contribution in [1.29, 1.82) is 0 Å². The Hall–Kier alpha value is -3.16. The average molecular weight is 366 g/mol. The minimum Gasteiger partial charge on any atom is -0.497 e. The Kier molecular flexibility index (Phi) is 6.48. The third kappa shape index (κ3) is 4.92. The van der Waals surface area contributed by atoms with Crippen LogP contribution in [0.2, 0.25) is 0 Å². The first-order chi connectivity index (χ1) is 12.4. The molecule has 6 nitrogen and oxygen atoms in total. The molecule has 0 saturated heterocycles. The fourth-order valence-corrected chi connectivity index (χ4v) is 2.10. The molecule has 0 saturated carbocycles. The van der Waals surface area contributed by atoms with Crippen LogP contribution in [0.5, 0.6) is 17.2 Å². The first-order valence-corrected chi connectivity index (χ1v) is 7.42. The fourth-order valence-electron chi connectivity index (χ4n) is 2.10. The van der Waals surface area contributed by atoms with Crippen LogP contribution in [0.3, 0.4) is 0 Å². The van der Waals surface area contributed by atoms with Crippen molar-refractivity contribution in [2.45, 2.75) is 6.61 Å². The van der Waals surface area contributed by atoms with Crippen molar-refractivity contribution in [3.8, 4) is 17.2 Å². The molecule has 0 atom stereocenters. The van der Waals surface area contributed by atoms with Crippen molar-refractivity contribution >= 4 is 11.8 Å². The molecule has 0 heterocycles. The number of benzene rings is 2. The highest BCUT2D eigenvalue weighted by molar-refractivity contribution is 6.01. The van der Waals surface area contributed by atoms with Crippen LogP contribution in [0, 0.1) is 0 Å². The van der Waals surface area contributed by atoms with E-state index in [1.54, 1.807) is 12.1 Å². The number of methoxy groups -OCH3 is 2. The second kappa shape index (κ2) is 8.80. The molecule has 2 aromatic carbocycles. The van der Waals surface area contributed by atoms with Gasteiger partial charge in [0.25, 0.3) is 0 Å². The SMILES string of the molecule is COc1ccc(OC)c(C(=O)COC(=O)c2ccc(OC(F)F)cc2)c1. The molecule has 2 rings (SSSR count). The fraction of sp³-hybridized carbons (Fsp3) is 0.222. The molecule has 0 N–H and O–H groups in total. The summed E-state index contributed by atoms with van der Waals surface area (Å²) in [7, 11) is 2.87. The Morgan fingerprint density at radius 3 is 2.19 bits per heavy atom. The third-order valence-electron chi connectivity index (χ3n) is 3.36. The van der Waals surface area contributed by atoms with Crippen LogP contribution in [0.4, 0.5) is 8.78 Å². The predicted molar refractivity (Wildman–Crippen MR) is 87.2 cm³/mol. The molecule has 0 aliphatic carbocycles. The number of hydrogen-bond acceptors (Lipinski definition) is 6. The monoisotopic (exact) mass is 366 g/mol. The van der Waals surface area contributed by atoms with Gasteiger partial charge in [-0.2, -0.15) is 8.78 Å². The second-order valence-electron chi connectivity index (χ2n) is 4.97. The van der Waals surface area contributed by atoms with E-state index in [2.05, 4.69) is 4.74 Å². The highest BCUT2D eigenvalue weighted by Gasteiger charge is 2.17. The van der Waals surface area contributed by atoms with Gasteiger partial charge in [-0.15, -0.1) is 0 Å². The molecule has 0 aromatic heterocycles. The number of alkyl halides is 2. The number of hydrogen-bond donors (Lipinski definition) is 0. The summed E-state index contributed by atoms with van der Waals surface area (Å²) < 4.78 is 43.5. The van der Waals surface area contributed by atoms with Crippen LogP contribution >= 0.6 is 0 Å². The molecular formula is C18H16F2O6. The Bertz CT molecular complexity index is 774. The summed E-state index contributed by atoms with van der Waals surface area (Å²) in [5.74, 6) is -0.570. The van der Waals surface area contributed by atoms with Gasteiger partial charge in [-0.05, 0) is 42.5 Å². The highest BCUT2D eigenvalue weighted by Crippen LogP contribution is 2.24. The lowest BCUT2D eigenvalue weighted by Crippen LogP contribution is -2.15. The summed E-state index contributed by atoms with van der Waals surface area (Å²) in [6, 6.07) is 9.60. The van der Waals surface area contributed by atoms with Crippen LogP contribution in [-0.4, -0.2) is 39.2 Å². The molecule has 8 heteroatoms. The van der Waals surface area contributed by atoms with Gasteiger partial charge in [-0.3, -0.25) is 4.79 Å². The van der Waals surface area contributed by atoms with Gasteiger partial charge in [0.2, 0.25) is 5.78 Å². The zero-order chi connectivity index (χ0) is 19.1. The summed E-state index contributed by atoms with van der Waals surface area (Å²) in [6.45, 7) is -3.47. The standard InChI is InChI=1S/C18H16F2O6/c1-23-13-7-8-16(24-2)14(9-13)15(21)10-25-17(22)11-3-5-12(6-4-11)26-18(19)20/h3-9,18H,10H2,1-2H3. The lowest BCUT2D eigenvalue weighted by molar-refractivity contribution is -0.0498. The van der Waals surface area contributed by atoms with E-state index in [0.29, 0.717) is 11.5 Å². The quantitative estimate of drug-likeness (QED) is 0.527. The smallest absolute Gasteiger partial charge is 0.387 e. The maximum Gasteiger partial charge on any atom is 0.387 e. The van der Waals surface area contributed by atoms with Gasteiger partial charge in [0.1, 0.15) is 17.2 Å². The van der Waals surface area contributed by atoms with E-state index in [4.69, 9.17) is 14.2 Å². The van der Waals surface area contributed by atoms with Crippen molar-refractivity contribution in [3.63, 3.8) is 0 Å². The van der Waals surface area contributed by atoms with E-state index in [0.717, 1.165) is 0 Å². The van der Waals surface area contributed by atoms with Gasteiger partial charge in [-0.1, -0.05) is 0 Å². The summed E-state index contributed by atoms with van der Waals surface area (Å²) in [6.07, 6.45) is 0. The van der Waals surface area contributed by atoms with E-state index >= 15 is 0 Å². The van der Waals surface area contributed by atoms with Crippen LogP contribution in [-0.2, 0) is 4.74 Å². The molecule has 0 bridgehead atoms. The van der Waals surface area contributed by atoms with Gasteiger partial charge in [0, 0.05) is 0 Å². The largest absolute Gasteiger partial charge is 0.497 e. The lowest BCUT2D eigenvalue weighted by atomic mass is 10.1. The Balaban J connectivity index is 2.01. The summed E-state index contributed by atoms with van der Waals surface area (Å²) in [5.41, 5.74) is 0.303. The van der Waals surface area contributed by atoms with Crippen molar-refractivity contribution in [2.24, 2.45) is 0 Å². The number of ketones is 1. The molecule has 2 aromatic rings. The van der Waals surface area contributed by atoms with Gasteiger partial charge < -0.3 is 18.9 Å². The van der Waals surface area contributed by atoms with Gasteiger partial charge >= 0.3 is 12.6 Å². The number of rotatable bonds is 8. The molecular weight excluding hydrogens is 350 g/mol. The first kappa shape index (κ1) is 19.2. The second-order valence-corrected chi connectivity index (χ2v) is 4.97. The Morgan fingerprint density at radius 2 is 1.62 bits per heavy atom. The van der Waals surface area contributed by atoms with Crippen molar-refractivity contribution in [1.82, 2.24) is 0 Å². The summed E-state index contributed by atoms with van der Waals surface area (Å²) >= 11 is 0. The van der Waals surface area contributed by atoms with E-state index < -0.39 is 25.0 Å². The molecule has 0 aliphatic heterocycles. The van der Waals surface area contributed by atoms with Crippen LogP contribution in [0.15, 0.2) is 42.5 Å². The number of ether oxygens (including phenoxy) is 4. The Labute approximate surface area is 148 Å². The third-order valence-corrected chi connectivity index (χ3v) is 3.36. The van der Waals surface area contributed by atoms with Crippen LogP contribution in [0.1, 0.15) is 20.7 Å². The molecule has 0 aliphatic rings. The number of carbonyl (C=O) groups is 2. The topological polar surface area (TPSA) is 71.1 Å². The first-order valence-electron chi connectivity index (χ1n) is 7.42. The summed E-state index contributed by atoms with van der Waals surface area (Å²) in [4.78, 5) is 24.3. The zero-order valence-electron chi connectivity index (χ0n) is 14.0. The predicted octanol–water partition coefficient (Wildman–Crippen LogP) is 3.34. The number of Topliss-reactive ketones (excluding diaryl/α,β-unsaturated/α-hetero) is 1. The van der Waals surface area contributed by atoms with E-state index in [1.807, 2.05) is 0 Å². The van der Waals surface area contributed by atoms with Crippen LogP contribution < -0.4 is 14.2 Å². The van der Waals surface area contributed by atoms with Crippen molar-refractivity contribution < 1.29 is 37.3 Å². The molecule has 26 heavy (non-hydrogen) atoms. The van der Waals surface area contributed by atoms with Gasteiger partial charge in [0.05, 0.1) is 25.3 Å². The maximum atomic E-state index is 12.3. The minimum absolute atomic E-state index is 0.0891. The van der Waals surface area contributed by atoms with E-state index in [9.17, 15) is 18.4 Å². The molecule has 138 valence electrons. The zero-order valence-corrected chi connectivity index (χ0v) is 14.0. The molecule has 0 amide bonds. The normalized spacial score (nSPS) is 10.3. The van der Waals surface area contributed by atoms with Crippen LogP contribution in [0.25, 0.3) is 0 Å². The lowest BCUT2D eigenvalue weighted by Gasteiger charge is -2.10. The maximum absolute atomic E-state index is 12.3. The molecule has 0 spiro atoms. The van der Waals surface area contributed by atoms with E-state index in [1.165, 1.54) is 44.6 Å². The number of carbonyl (C=O) groups excluding carboxylic acids is 2. The number of halogens is 2. The van der Waals surface area contributed by atoms with Crippen molar-refractivity contribution in [3.05, 3.63) is 53.6 Å². The van der Waals surface area contributed by atoms with Crippen molar-refractivity contribution in [2.75, 3.05) is 20.8 Å².